The summed E-state index contributed by atoms with van der Waals surface area (Å²) in [6, 6.07) is 5.92. The van der Waals surface area contributed by atoms with Gasteiger partial charge in [-0.3, -0.25) is 0 Å². The van der Waals surface area contributed by atoms with E-state index in [1.54, 1.807) is 7.11 Å². The Kier molecular flexibility index (Phi) is 6.18. The van der Waals surface area contributed by atoms with Crippen molar-refractivity contribution in [2.24, 2.45) is 5.73 Å². The van der Waals surface area contributed by atoms with Crippen molar-refractivity contribution in [2.45, 2.75) is 19.8 Å². The molecule has 0 heterocycles. The summed E-state index contributed by atoms with van der Waals surface area (Å²) in [6.45, 7) is 3.45. The molecule has 0 saturated carbocycles. The van der Waals surface area contributed by atoms with Crippen LogP contribution in [0.25, 0.3) is 6.08 Å². The molecule has 0 bridgehead atoms. The maximum Gasteiger partial charge on any atom is 0.161 e. The maximum atomic E-state index is 5.64. The zero-order valence-corrected chi connectivity index (χ0v) is 10.6. The molecule has 0 amide bonds. The molecule has 3 heteroatoms. The number of hydrogen-bond acceptors (Lipinski definition) is 3. The van der Waals surface area contributed by atoms with Crippen LogP contribution in [0.15, 0.2) is 24.3 Å². The third kappa shape index (κ3) is 4.49. The van der Waals surface area contributed by atoms with Crippen molar-refractivity contribution in [1.82, 2.24) is 0 Å². The van der Waals surface area contributed by atoms with Gasteiger partial charge in [0.2, 0.25) is 0 Å². The Morgan fingerprint density at radius 1 is 1.29 bits per heavy atom. The summed E-state index contributed by atoms with van der Waals surface area (Å²) >= 11 is 0. The van der Waals surface area contributed by atoms with E-state index in [0.29, 0.717) is 13.2 Å². The Bertz CT molecular complexity index is 361. The fourth-order valence-corrected chi connectivity index (χ4v) is 1.44. The molecule has 1 aromatic carbocycles. The van der Waals surface area contributed by atoms with Crippen LogP contribution in [0.5, 0.6) is 11.5 Å². The molecule has 3 nitrogen and oxygen atoms in total. The highest BCUT2D eigenvalue weighted by atomic mass is 16.5. The standard InChI is InChI=1S/C14H21NO2/c1-3-10-17-14-11-12(6-4-5-9-15)7-8-13(14)16-2/h4,6-8,11H,3,5,9-10,15H2,1-2H3. The molecule has 0 radical (unpaired) electrons. The average Bonchev–Trinajstić information content (AvgIpc) is 2.37. The van der Waals surface area contributed by atoms with Crippen LogP contribution in [-0.4, -0.2) is 20.3 Å². The predicted octanol–water partition coefficient (Wildman–Crippen LogP) is 2.85. The van der Waals surface area contributed by atoms with Gasteiger partial charge in [0.05, 0.1) is 13.7 Å². The van der Waals surface area contributed by atoms with Crippen molar-refractivity contribution in [3.8, 4) is 11.5 Å². The zero-order chi connectivity index (χ0) is 12.5. The first-order valence-corrected chi connectivity index (χ1v) is 5.99. The molecule has 94 valence electrons. The van der Waals surface area contributed by atoms with Crippen LogP contribution in [0.3, 0.4) is 0 Å². The van der Waals surface area contributed by atoms with Crippen molar-refractivity contribution in [3.63, 3.8) is 0 Å². The van der Waals surface area contributed by atoms with E-state index in [0.717, 1.165) is 29.9 Å². The van der Waals surface area contributed by atoms with Crippen LogP contribution in [0, 0.1) is 0 Å². The predicted molar refractivity (Wildman–Crippen MR) is 71.5 cm³/mol. The number of benzene rings is 1. The number of ether oxygens (including phenoxy) is 2. The first kappa shape index (κ1) is 13.6. The molecule has 0 aromatic heterocycles. The van der Waals surface area contributed by atoms with Gasteiger partial charge in [0.1, 0.15) is 0 Å². The molecule has 1 rings (SSSR count). The second kappa shape index (κ2) is 7.74. The summed E-state index contributed by atoms with van der Waals surface area (Å²) in [5, 5.41) is 0. The lowest BCUT2D eigenvalue weighted by molar-refractivity contribution is 0.294. The topological polar surface area (TPSA) is 44.5 Å². The minimum absolute atomic E-state index is 0.672. The minimum atomic E-state index is 0.672. The Hall–Kier alpha value is -1.48. The summed E-state index contributed by atoms with van der Waals surface area (Å²) in [5.41, 5.74) is 6.54. The van der Waals surface area contributed by atoms with Gasteiger partial charge in [0.15, 0.2) is 11.5 Å². The van der Waals surface area contributed by atoms with Gasteiger partial charge in [0.25, 0.3) is 0 Å². The molecule has 0 atom stereocenters. The van der Waals surface area contributed by atoms with Crippen LogP contribution >= 0.6 is 0 Å². The van der Waals surface area contributed by atoms with Crippen LogP contribution in [0.4, 0.5) is 0 Å². The van der Waals surface area contributed by atoms with Crippen molar-refractivity contribution < 1.29 is 9.47 Å². The van der Waals surface area contributed by atoms with Crippen molar-refractivity contribution >= 4 is 6.08 Å². The van der Waals surface area contributed by atoms with Crippen LogP contribution in [0.2, 0.25) is 0 Å². The van der Waals surface area contributed by atoms with Crippen LogP contribution < -0.4 is 15.2 Å². The third-order valence-electron chi connectivity index (χ3n) is 2.29. The Morgan fingerprint density at radius 3 is 2.76 bits per heavy atom. The number of methoxy groups -OCH3 is 1. The SMILES string of the molecule is CCCOc1cc(C=CCCN)ccc1OC. The number of rotatable bonds is 7. The van der Waals surface area contributed by atoms with Crippen molar-refractivity contribution in [1.29, 1.82) is 0 Å². The maximum absolute atomic E-state index is 5.64. The van der Waals surface area contributed by atoms with Gasteiger partial charge in [-0.25, -0.2) is 0 Å². The second-order valence-corrected chi connectivity index (χ2v) is 3.74. The van der Waals surface area contributed by atoms with Gasteiger partial charge in [0, 0.05) is 0 Å². The van der Waals surface area contributed by atoms with E-state index >= 15 is 0 Å². The minimum Gasteiger partial charge on any atom is -0.493 e. The van der Waals surface area contributed by atoms with Gasteiger partial charge >= 0.3 is 0 Å². The molecule has 0 saturated heterocycles. The molecule has 0 spiro atoms. The zero-order valence-electron chi connectivity index (χ0n) is 10.6. The quantitative estimate of drug-likeness (QED) is 0.790. The molecule has 2 N–H and O–H groups in total. The lowest BCUT2D eigenvalue weighted by Gasteiger charge is -2.10. The van der Waals surface area contributed by atoms with Gasteiger partial charge in [-0.2, -0.15) is 0 Å². The fraction of sp³-hybridized carbons (Fsp3) is 0.429. The summed E-state index contributed by atoms with van der Waals surface area (Å²) in [7, 11) is 1.65. The number of nitrogens with two attached hydrogens (primary N) is 1. The summed E-state index contributed by atoms with van der Waals surface area (Å²) in [5.74, 6) is 1.57. The van der Waals surface area contributed by atoms with Crippen molar-refractivity contribution in [3.05, 3.63) is 29.8 Å². The molecular formula is C14H21NO2. The highest BCUT2D eigenvalue weighted by Gasteiger charge is 2.03. The Balaban J connectivity index is 2.80. The van der Waals surface area contributed by atoms with Gasteiger partial charge in [-0.05, 0) is 37.1 Å². The molecular weight excluding hydrogens is 214 g/mol. The largest absolute Gasteiger partial charge is 0.493 e. The fourth-order valence-electron chi connectivity index (χ4n) is 1.44. The first-order chi connectivity index (χ1) is 8.31. The van der Waals surface area contributed by atoms with E-state index < -0.39 is 0 Å². The van der Waals surface area contributed by atoms with E-state index in [1.165, 1.54) is 0 Å². The third-order valence-corrected chi connectivity index (χ3v) is 2.29. The Labute approximate surface area is 103 Å². The van der Waals surface area contributed by atoms with Gasteiger partial charge in [-0.1, -0.05) is 25.1 Å². The lowest BCUT2D eigenvalue weighted by Crippen LogP contribution is -1.98. The highest BCUT2D eigenvalue weighted by Crippen LogP contribution is 2.28. The van der Waals surface area contributed by atoms with E-state index in [-0.39, 0.29) is 0 Å². The first-order valence-electron chi connectivity index (χ1n) is 5.99. The average molecular weight is 235 g/mol. The molecule has 1 aromatic rings. The van der Waals surface area contributed by atoms with E-state index in [1.807, 2.05) is 24.3 Å². The normalized spacial score (nSPS) is 10.8. The van der Waals surface area contributed by atoms with E-state index in [2.05, 4.69) is 13.0 Å². The molecule has 17 heavy (non-hydrogen) atoms. The molecule has 0 aliphatic carbocycles. The molecule has 0 fully saturated rings. The van der Waals surface area contributed by atoms with E-state index in [4.69, 9.17) is 15.2 Å². The monoisotopic (exact) mass is 235 g/mol. The smallest absolute Gasteiger partial charge is 0.161 e. The number of hydrogen-bond donors (Lipinski definition) is 1. The van der Waals surface area contributed by atoms with E-state index in [9.17, 15) is 0 Å². The highest BCUT2D eigenvalue weighted by molar-refractivity contribution is 5.55. The van der Waals surface area contributed by atoms with Crippen LogP contribution in [-0.2, 0) is 0 Å². The molecule has 0 aliphatic heterocycles. The van der Waals surface area contributed by atoms with Gasteiger partial charge in [-0.15, -0.1) is 0 Å². The molecule has 0 unspecified atom stereocenters. The lowest BCUT2D eigenvalue weighted by atomic mass is 10.1. The summed E-state index contributed by atoms with van der Waals surface area (Å²) < 4.78 is 10.9. The summed E-state index contributed by atoms with van der Waals surface area (Å²) in [6.07, 6.45) is 5.98. The van der Waals surface area contributed by atoms with Crippen LogP contribution in [0.1, 0.15) is 25.3 Å². The second-order valence-electron chi connectivity index (χ2n) is 3.74. The molecule has 0 aliphatic rings. The van der Waals surface area contributed by atoms with Crippen molar-refractivity contribution in [2.75, 3.05) is 20.3 Å². The van der Waals surface area contributed by atoms with Gasteiger partial charge < -0.3 is 15.2 Å². The summed E-state index contributed by atoms with van der Waals surface area (Å²) in [4.78, 5) is 0. The Morgan fingerprint density at radius 2 is 2.12 bits per heavy atom.